The molecule has 0 bridgehead atoms. The molecule has 1 saturated heterocycles. The first-order valence-electron chi connectivity index (χ1n) is 9.63. The van der Waals surface area contributed by atoms with Crippen molar-refractivity contribution in [1.82, 2.24) is 9.88 Å². The fourth-order valence-corrected chi connectivity index (χ4v) is 3.85. The van der Waals surface area contributed by atoms with E-state index in [9.17, 15) is 14.7 Å². The van der Waals surface area contributed by atoms with Gasteiger partial charge >= 0.3 is 0 Å². The van der Waals surface area contributed by atoms with Crippen LogP contribution in [0.3, 0.4) is 0 Å². The van der Waals surface area contributed by atoms with Gasteiger partial charge < -0.3 is 15.3 Å². The number of anilines is 1. The molecule has 6 heteroatoms. The molecule has 0 atom stereocenters. The van der Waals surface area contributed by atoms with E-state index in [0.29, 0.717) is 37.7 Å². The van der Waals surface area contributed by atoms with Crippen LogP contribution < -0.4 is 5.32 Å². The number of pyridine rings is 1. The number of carbonyl (C=O) groups excluding carboxylic acids is 2. The number of nitrogens with zero attached hydrogens (tertiary/aromatic N) is 2. The van der Waals surface area contributed by atoms with Crippen LogP contribution in [0.25, 0.3) is 6.08 Å². The number of hydrogen-bond acceptors (Lipinski definition) is 4. The number of likely N-dealkylation sites (tertiary alicyclic amines) is 1. The van der Waals surface area contributed by atoms with Crippen LogP contribution in [0.4, 0.5) is 5.82 Å². The van der Waals surface area contributed by atoms with Gasteiger partial charge in [-0.2, -0.15) is 0 Å². The van der Waals surface area contributed by atoms with E-state index in [1.54, 1.807) is 24.4 Å². The summed E-state index contributed by atoms with van der Waals surface area (Å²) in [6.07, 6.45) is 7.97. The van der Waals surface area contributed by atoms with Crippen molar-refractivity contribution in [3.05, 3.63) is 59.3 Å². The molecule has 0 unspecified atom stereocenters. The van der Waals surface area contributed by atoms with E-state index >= 15 is 0 Å². The SMILES string of the molecule is O=C1CCc2cc(/C=C/C(=O)N3CCC(c4cccc(O)c4)CC3)cnc2N1. The molecule has 2 aliphatic rings. The number of aromatic hydroxyl groups is 1. The molecule has 2 N–H and O–H groups in total. The third-order valence-corrected chi connectivity index (χ3v) is 5.43. The van der Waals surface area contributed by atoms with Crippen molar-refractivity contribution in [2.45, 2.75) is 31.6 Å². The van der Waals surface area contributed by atoms with Gasteiger partial charge in [0.05, 0.1) is 0 Å². The highest BCUT2D eigenvalue weighted by Crippen LogP contribution is 2.30. The minimum Gasteiger partial charge on any atom is -0.508 e. The molecule has 1 fully saturated rings. The maximum atomic E-state index is 12.5. The summed E-state index contributed by atoms with van der Waals surface area (Å²) >= 11 is 0. The average Bonchev–Trinajstić information content (AvgIpc) is 2.72. The lowest BCUT2D eigenvalue weighted by atomic mass is 9.89. The van der Waals surface area contributed by atoms with Crippen molar-refractivity contribution in [1.29, 1.82) is 0 Å². The summed E-state index contributed by atoms with van der Waals surface area (Å²) in [5, 5.41) is 12.4. The summed E-state index contributed by atoms with van der Waals surface area (Å²) < 4.78 is 0. The molecule has 0 spiro atoms. The molecule has 1 aromatic heterocycles. The lowest BCUT2D eigenvalue weighted by Crippen LogP contribution is -2.36. The minimum absolute atomic E-state index is 0.000354. The first-order chi connectivity index (χ1) is 13.6. The number of phenols is 1. The summed E-state index contributed by atoms with van der Waals surface area (Å²) in [5.74, 6) is 1.28. The first kappa shape index (κ1) is 18.2. The van der Waals surface area contributed by atoms with Crippen molar-refractivity contribution < 1.29 is 14.7 Å². The number of benzene rings is 1. The highest BCUT2D eigenvalue weighted by Gasteiger charge is 2.23. The number of amides is 2. The van der Waals surface area contributed by atoms with Crippen LogP contribution >= 0.6 is 0 Å². The normalized spacial score (nSPS) is 17.4. The van der Waals surface area contributed by atoms with E-state index in [0.717, 1.165) is 29.5 Å². The summed E-state index contributed by atoms with van der Waals surface area (Å²) in [5.41, 5.74) is 2.99. The lowest BCUT2D eigenvalue weighted by molar-refractivity contribution is -0.127. The van der Waals surface area contributed by atoms with Gasteiger partial charge in [0.1, 0.15) is 11.6 Å². The number of nitrogens with one attached hydrogen (secondary N) is 1. The van der Waals surface area contributed by atoms with E-state index in [1.807, 2.05) is 29.2 Å². The van der Waals surface area contributed by atoms with E-state index < -0.39 is 0 Å². The molecule has 28 heavy (non-hydrogen) atoms. The van der Waals surface area contributed by atoms with Crippen molar-refractivity contribution in [2.75, 3.05) is 18.4 Å². The molecule has 0 radical (unpaired) electrons. The predicted octanol–water partition coefficient (Wildman–Crippen LogP) is 3.09. The lowest BCUT2D eigenvalue weighted by Gasteiger charge is -2.31. The Hall–Kier alpha value is -3.15. The highest BCUT2D eigenvalue weighted by atomic mass is 16.3. The second-order valence-electron chi connectivity index (χ2n) is 7.35. The number of piperidine rings is 1. The topological polar surface area (TPSA) is 82.5 Å². The number of carbonyl (C=O) groups is 2. The van der Waals surface area contributed by atoms with Crippen LogP contribution in [0, 0.1) is 0 Å². The van der Waals surface area contributed by atoms with Gasteiger partial charge in [-0.3, -0.25) is 9.59 Å². The number of aryl methyl sites for hydroxylation is 1. The van der Waals surface area contributed by atoms with Gasteiger partial charge in [0.2, 0.25) is 11.8 Å². The Bertz CT molecular complexity index is 930. The standard InChI is InChI=1S/C22H23N3O3/c26-19-3-1-2-17(13-19)16-8-10-25(11-9-16)21(28)7-4-15-12-18-5-6-20(27)24-22(18)23-14-15/h1-4,7,12-14,16,26H,5-6,8-11H2,(H,23,24,27)/b7-4+. The van der Waals surface area contributed by atoms with Crippen molar-refractivity contribution in [2.24, 2.45) is 0 Å². The molecule has 0 saturated carbocycles. The van der Waals surface area contributed by atoms with Crippen LogP contribution in [0.5, 0.6) is 5.75 Å². The fourth-order valence-electron chi connectivity index (χ4n) is 3.85. The van der Waals surface area contributed by atoms with Crippen molar-refractivity contribution >= 4 is 23.7 Å². The Morgan fingerprint density at radius 2 is 2.04 bits per heavy atom. The second kappa shape index (κ2) is 7.84. The van der Waals surface area contributed by atoms with E-state index in [1.165, 1.54) is 0 Å². The zero-order valence-corrected chi connectivity index (χ0v) is 15.6. The van der Waals surface area contributed by atoms with Gasteiger partial charge in [-0.1, -0.05) is 12.1 Å². The maximum Gasteiger partial charge on any atom is 0.246 e. The quantitative estimate of drug-likeness (QED) is 0.806. The number of aromatic nitrogens is 1. The van der Waals surface area contributed by atoms with Crippen LogP contribution in [-0.2, 0) is 16.0 Å². The van der Waals surface area contributed by atoms with Gasteiger partial charge in [-0.25, -0.2) is 4.98 Å². The molecule has 2 amide bonds. The molecule has 2 aliphatic heterocycles. The minimum atomic E-state index is -0.00686. The Kier molecular flexibility index (Phi) is 5.10. The van der Waals surface area contributed by atoms with E-state index in [2.05, 4.69) is 10.3 Å². The molecule has 0 aliphatic carbocycles. The van der Waals surface area contributed by atoms with Crippen molar-refractivity contribution in [3.63, 3.8) is 0 Å². The zero-order valence-electron chi connectivity index (χ0n) is 15.6. The zero-order chi connectivity index (χ0) is 19.5. The van der Waals surface area contributed by atoms with Gasteiger partial charge in [0, 0.05) is 31.8 Å². The third-order valence-electron chi connectivity index (χ3n) is 5.43. The Morgan fingerprint density at radius 1 is 1.21 bits per heavy atom. The van der Waals surface area contributed by atoms with Gasteiger partial charge in [0.15, 0.2) is 0 Å². The van der Waals surface area contributed by atoms with Gasteiger partial charge in [0.25, 0.3) is 0 Å². The summed E-state index contributed by atoms with van der Waals surface area (Å²) in [7, 11) is 0. The maximum absolute atomic E-state index is 12.5. The van der Waals surface area contributed by atoms with E-state index in [4.69, 9.17) is 0 Å². The largest absolute Gasteiger partial charge is 0.508 e. The number of fused-ring (bicyclic) bond motifs is 1. The molecule has 2 aromatic rings. The first-order valence-corrected chi connectivity index (χ1v) is 9.63. The Morgan fingerprint density at radius 3 is 2.82 bits per heavy atom. The number of phenolic OH excluding ortho intramolecular Hbond substituents is 1. The van der Waals surface area contributed by atoms with Crippen LogP contribution in [-0.4, -0.2) is 39.9 Å². The number of rotatable bonds is 3. The average molecular weight is 377 g/mol. The molecule has 144 valence electrons. The Labute approximate surface area is 163 Å². The highest BCUT2D eigenvalue weighted by molar-refractivity contribution is 5.93. The number of hydrogen-bond donors (Lipinski definition) is 2. The summed E-state index contributed by atoms with van der Waals surface area (Å²) in [6, 6.07) is 9.36. The van der Waals surface area contributed by atoms with Crippen LogP contribution in [0.1, 0.15) is 41.9 Å². The van der Waals surface area contributed by atoms with Crippen molar-refractivity contribution in [3.8, 4) is 5.75 Å². The van der Waals surface area contributed by atoms with Crippen LogP contribution in [0.2, 0.25) is 0 Å². The summed E-state index contributed by atoms with van der Waals surface area (Å²) in [4.78, 5) is 30.1. The van der Waals surface area contributed by atoms with Crippen LogP contribution in [0.15, 0.2) is 42.6 Å². The molecular weight excluding hydrogens is 354 g/mol. The molecule has 4 rings (SSSR count). The fraction of sp³-hybridized carbons (Fsp3) is 0.318. The predicted molar refractivity (Wildman–Crippen MR) is 107 cm³/mol. The molecule has 6 nitrogen and oxygen atoms in total. The third kappa shape index (κ3) is 4.06. The van der Waals surface area contributed by atoms with Gasteiger partial charge in [-0.05, 0) is 66.1 Å². The second-order valence-corrected chi connectivity index (χ2v) is 7.35. The molecule has 1 aromatic carbocycles. The monoisotopic (exact) mass is 377 g/mol. The molecular formula is C22H23N3O3. The van der Waals surface area contributed by atoms with Gasteiger partial charge in [-0.15, -0.1) is 0 Å². The smallest absolute Gasteiger partial charge is 0.246 e. The Balaban J connectivity index is 1.35. The molecule has 3 heterocycles. The van der Waals surface area contributed by atoms with E-state index in [-0.39, 0.29) is 17.6 Å². The summed E-state index contributed by atoms with van der Waals surface area (Å²) in [6.45, 7) is 1.41.